The molecule has 0 aliphatic rings. The summed E-state index contributed by atoms with van der Waals surface area (Å²) < 4.78 is 5.32. The average molecular weight is 284 g/mol. The van der Waals surface area contributed by atoms with Crippen LogP contribution in [0.2, 0.25) is 0 Å². The predicted molar refractivity (Wildman–Crippen MR) is 79.8 cm³/mol. The molecule has 0 spiro atoms. The Balaban J connectivity index is 1.83. The lowest BCUT2D eigenvalue weighted by Crippen LogP contribution is -2.28. The lowest BCUT2D eigenvalue weighted by molar-refractivity contribution is -0.123. The first-order valence-corrected chi connectivity index (χ1v) is 6.38. The van der Waals surface area contributed by atoms with Gasteiger partial charge >= 0.3 is 0 Å². The van der Waals surface area contributed by atoms with Gasteiger partial charge in [-0.2, -0.15) is 5.10 Å². The maximum absolute atomic E-state index is 11.6. The lowest BCUT2D eigenvalue weighted by atomic mass is 10.2. The van der Waals surface area contributed by atoms with Gasteiger partial charge in [0.1, 0.15) is 11.4 Å². The molecule has 0 saturated heterocycles. The number of rotatable bonds is 5. The number of nitrogens with zero attached hydrogens (tertiary/aromatic N) is 2. The summed E-state index contributed by atoms with van der Waals surface area (Å²) in [5, 5.41) is 3.77. The van der Waals surface area contributed by atoms with Crippen molar-refractivity contribution >= 4 is 11.7 Å². The number of amidine groups is 1. The van der Waals surface area contributed by atoms with Crippen LogP contribution in [0, 0.1) is 6.92 Å². The maximum atomic E-state index is 11.6. The van der Waals surface area contributed by atoms with Crippen molar-refractivity contribution in [3.8, 4) is 5.75 Å². The summed E-state index contributed by atoms with van der Waals surface area (Å²) in [7, 11) is 0. The van der Waals surface area contributed by atoms with Gasteiger partial charge in [0.2, 0.25) is 0 Å². The van der Waals surface area contributed by atoms with Crippen LogP contribution in [0.1, 0.15) is 11.3 Å². The molecule has 21 heavy (non-hydrogen) atoms. The van der Waals surface area contributed by atoms with Crippen molar-refractivity contribution < 1.29 is 9.53 Å². The third kappa shape index (κ3) is 4.61. The quantitative estimate of drug-likeness (QED) is 0.490. The Kier molecular flexibility index (Phi) is 4.87. The number of carbonyl (C=O) groups excluding carboxylic acids is 1. The van der Waals surface area contributed by atoms with E-state index in [0.29, 0.717) is 11.4 Å². The Morgan fingerprint density at radius 3 is 2.71 bits per heavy atom. The van der Waals surface area contributed by atoms with Crippen LogP contribution in [-0.2, 0) is 4.79 Å². The highest BCUT2D eigenvalue weighted by Crippen LogP contribution is 2.10. The number of nitrogens with two attached hydrogens (primary N) is 1. The first kappa shape index (κ1) is 14.5. The largest absolute Gasteiger partial charge is 0.484 e. The molecule has 0 aliphatic heterocycles. The predicted octanol–water partition coefficient (Wildman–Crippen LogP) is 1.21. The van der Waals surface area contributed by atoms with Gasteiger partial charge in [0.25, 0.3) is 5.91 Å². The van der Waals surface area contributed by atoms with Crippen LogP contribution < -0.4 is 15.9 Å². The molecule has 0 unspecified atom stereocenters. The fourth-order valence-electron chi connectivity index (χ4n) is 1.51. The molecule has 0 aliphatic carbocycles. The minimum Gasteiger partial charge on any atom is -0.484 e. The zero-order valence-corrected chi connectivity index (χ0v) is 11.6. The first-order valence-electron chi connectivity index (χ1n) is 6.38. The summed E-state index contributed by atoms with van der Waals surface area (Å²) in [5.74, 6) is 0.367. The SMILES string of the molecule is Cc1ccc(OCC(=O)N/N=C(\N)c2ccccn2)cc1. The molecule has 1 amide bonds. The Bertz CT molecular complexity index is 624. The first-order chi connectivity index (χ1) is 10.1. The third-order valence-electron chi connectivity index (χ3n) is 2.62. The molecular formula is C15H16N4O2. The molecule has 0 fully saturated rings. The van der Waals surface area contributed by atoms with Crippen molar-refractivity contribution in [1.82, 2.24) is 10.4 Å². The molecule has 0 radical (unpaired) electrons. The molecule has 6 heteroatoms. The zero-order chi connectivity index (χ0) is 15.1. The fraction of sp³-hybridized carbons (Fsp3) is 0.133. The summed E-state index contributed by atoms with van der Waals surface area (Å²) in [6.07, 6.45) is 1.60. The van der Waals surface area contributed by atoms with Gasteiger partial charge in [-0.25, -0.2) is 5.43 Å². The standard InChI is InChI=1S/C15H16N4O2/c1-11-5-7-12(8-6-11)21-10-14(20)18-19-15(16)13-4-2-3-9-17-13/h2-9H,10H2,1H3,(H2,16,19)(H,18,20). The number of hydrogen-bond donors (Lipinski definition) is 2. The number of ether oxygens (including phenoxy) is 1. The summed E-state index contributed by atoms with van der Waals surface area (Å²) >= 11 is 0. The van der Waals surface area contributed by atoms with Gasteiger partial charge in [0, 0.05) is 6.20 Å². The molecule has 108 valence electrons. The van der Waals surface area contributed by atoms with E-state index in [9.17, 15) is 4.79 Å². The van der Waals surface area contributed by atoms with Crippen molar-refractivity contribution in [1.29, 1.82) is 0 Å². The number of aryl methyl sites for hydroxylation is 1. The number of hydrogen-bond acceptors (Lipinski definition) is 4. The van der Waals surface area contributed by atoms with E-state index >= 15 is 0 Å². The normalized spacial score (nSPS) is 11.0. The van der Waals surface area contributed by atoms with Gasteiger partial charge in [0.05, 0.1) is 0 Å². The van der Waals surface area contributed by atoms with Gasteiger partial charge in [-0.05, 0) is 31.2 Å². The van der Waals surface area contributed by atoms with Crippen molar-refractivity contribution in [3.63, 3.8) is 0 Å². The highest BCUT2D eigenvalue weighted by Gasteiger charge is 2.03. The molecule has 1 heterocycles. The van der Waals surface area contributed by atoms with Crippen LogP contribution in [0.5, 0.6) is 5.75 Å². The van der Waals surface area contributed by atoms with Gasteiger partial charge in [0.15, 0.2) is 12.4 Å². The smallest absolute Gasteiger partial charge is 0.278 e. The third-order valence-corrected chi connectivity index (χ3v) is 2.62. The Morgan fingerprint density at radius 2 is 2.05 bits per heavy atom. The van der Waals surface area contributed by atoms with E-state index in [1.54, 1.807) is 36.5 Å². The Morgan fingerprint density at radius 1 is 1.29 bits per heavy atom. The van der Waals surface area contributed by atoms with E-state index in [1.165, 1.54) is 0 Å². The van der Waals surface area contributed by atoms with Crippen LogP contribution in [0.4, 0.5) is 0 Å². The molecule has 0 saturated carbocycles. The van der Waals surface area contributed by atoms with Crippen molar-refractivity contribution in [2.45, 2.75) is 6.92 Å². The van der Waals surface area contributed by atoms with Crippen molar-refractivity contribution in [3.05, 3.63) is 59.9 Å². The van der Waals surface area contributed by atoms with E-state index in [4.69, 9.17) is 10.5 Å². The second-order valence-electron chi connectivity index (χ2n) is 4.35. The van der Waals surface area contributed by atoms with Crippen LogP contribution in [-0.4, -0.2) is 23.3 Å². The van der Waals surface area contributed by atoms with Crippen molar-refractivity contribution in [2.75, 3.05) is 6.61 Å². The molecule has 6 nitrogen and oxygen atoms in total. The van der Waals surface area contributed by atoms with Crippen LogP contribution >= 0.6 is 0 Å². The Labute approximate surface area is 122 Å². The van der Waals surface area contributed by atoms with E-state index in [2.05, 4.69) is 15.5 Å². The van der Waals surface area contributed by atoms with Gasteiger partial charge in [-0.1, -0.05) is 23.8 Å². The van der Waals surface area contributed by atoms with Crippen molar-refractivity contribution in [2.24, 2.45) is 10.8 Å². The minimum absolute atomic E-state index is 0.137. The molecule has 2 aromatic rings. The van der Waals surface area contributed by atoms with Gasteiger partial charge in [-0.3, -0.25) is 9.78 Å². The molecule has 1 aromatic heterocycles. The Hall–Kier alpha value is -2.89. The number of nitrogens with one attached hydrogen (secondary N) is 1. The van der Waals surface area contributed by atoms with Crippen LogP contribution in [0.15, 0.2) is 53.8 Å². The molecular weight excluding hydrogens is 268 g/mol. The molecule has 0 bridgehead atoms. The van der Waals surface area contributed by atoms with E-state index < -0.39 is 5.91 Å². The van der Waals surface area contributed by atoms with E-state index in [1.807, 2.05) is 19.1 Å². The van der Waals surface area contributed by atoms with Crippen LogP contribution in [0.3, 0.4) is 0 Å². The topological polar surface area (TPSA) is 89.6 Å². The molecule has 3 N–H and O–H groups in total. The van der Waals surface area contributed by atoms with Crippen LogP contribution in [0.25, 0.3) is 0 Å². The summed E-state index contributed by atoms with van der Waals surface area (Å²) in [5.41, 5.74) is 9.64. The molecule has 1 aromatic carbocycles. The van der Waals surface area contributed by atoms with E-state index in [-0.39, 0.29) is 12.4 Å². The summed E-state index contributed by atoms with van der Waals surface area (Å²) in [6, 6.07) is 12.7. The minimum atomic E-state index is -0.394. The lowest BCUT2D eigenvalue weighted by Gasteiger charge is -2.05. The number of benzene rings is 1. The molecule has 2 rings (SSSR count). The summed E-state index contributed by atoms with van der Waals surface area (Å²) in [4.78, 5) is 15.6. The summed E-state index contributed by atoms with van der Waals surface area (Å²) in [6.45, 7) is 1.84. The second kappa shape index (κ2) is 7.04. The maximum Gasteiger partial charge on any atom is 0.278 e. The van der Waals surface area contributed by atoms with Gasteiger partial charge in [-0.15, -0.1) is 0 Å². The highest BCUT2D eigenvalue weighted by atomic mass is 16.5. The number of amides is 1. The molecule has 0 atom stereocenters. The number of hydrazone groups is 1. The number of carbonyl (C=O) groups is 1. The van der Waals surface area contributed by atoms with Gasteiger partial charge < -0.3 is 10.5 Å². The fourth-order valence-corrected chi connectivity index (χ4v) is 1.51. The highest BCUT2D eigenvalue weighted by molar-refractivity contribution is 5.96. The number of aromatic nitrogens is 1. The number of pyridine rings is 1. The van der Waals surface area contributed by atoms with E-state index in [0.717, 1.165) is 5.56 Å². The second-order valence-corrected chi connectivity index (χ2v) is 4.35. The zero-order valence-electron chi connectivity index (χ0n) is 11.6. The average Bonchev–Trinajstić information content (AvgIpc) is 2.53. The monoisotopic (exact) mass is 284 g/mol.